The highest BCUT2D eigenvalue weighted by Crippen LogP contribution is 2.46. The Hall–Kier alpha value is -2.11. The lowest BCUT2D eigenvalue weighted by Gasteiger charge is -2.15. The van der Waals surface area contributed by atoms with Crippen LogP contribution in [0.2, 0.25) is 10.0 Å². The van der Waals surface area contributed by atoms with E-state index in [0.717, 1.165) is 11.1 Å². The Bertz CT molecular complexity index is 808. The molecule has 3 rings (SSSR count). The first-order valence-electron chi connectivity index (χ1n) is 8.41. The van der Waals surface area contributed by atoms with Gasteiger partial charge in [0.2, 0.25) is 11.8 Å². The van der Waals surface area contributed by atoms with E-state index < -0.39 is 5.41 Å². The van der Waals surface area contributed by atoms with Crippen LogP contribution in [0.15, 0.2) is 42.7 Å². The number of nitrogens with one attached hydrogen (secondary N) is 2. The van der Waals surface area contributed by atoms with Crippen molar-refractivity contribution in [2.75, 3.05) is 6.54 Å². The van der Waals surface area contributed by atoms with Gasteiger partial charge in [0, 0.05) is 35.5 Å². The summed E-state index contributed by atoms with van der Waals surface area (Å²) < 4.78 is 0. The van der Waals surface area contributed by atoms with Gasteiger partial charge in [0.05, 0.1) is 0 Å². The first-order chi connectivity index (χ1) is 12.5. The van der Waals surface area contributed by atoms with Crippen LogP contribution < -0.4 is 10.6 Å². The zero-order valence-electron chi connectivity index (χ0n) is 14.1. The minimum atomic E-state index is -0.934. The third-order valence-electron chi connectivity index (χ3n) is 4.52. The molecule has 0 radical (unpaired) electrons. The fraction of sp³-hybridized carbons (Fsp3) is 0.316. The average molecular weight is 392 g/mol. The van der Waals surface area contributed by atoms with Crippen LogP contribution in [0.4, 0.5) is 0 Å². The third-order valence-corrected chi connectivity index (χ3v) is 5.10. The molecule has 136 valence electrons. The van der Waals surface area contributed by atoms with E-state index in [2.05, 4.69) is 15.6 Å². The molecule has 0 atom stereocenters. The monoisotopic (exact) mass is 391 g/mol. The fourth-order valence-electron chi connectivity index (χ4n) is 2.74. The molecule has 0 aliphatic heterocycles. The summed E-state index contributed by atoms with van der Waals surface area (Å²) in [6, 6.07) is 8.94. The van der Waals surface area contributed by atoms with Crippen molar-refractivity contribution in [3.63, 3.8) is 0 Å². The first kappa shape index (κ1) is 18.7. The van der Waals surface area contributed by atoms with Crippen LogP contribution in [0.3, 0.4) is 0 Å². The van der Waals surface area contributed by atoms with Gasteiger partial charge in [-0.2, -0.15) is 0 Å². The molecule has 1 fully saturated rings. The van der Waals surface area contributed by atoms with Crippen molar-refractivity contribution in [1.29, 1.82) is 0 Å². The molecule has 1 aliphatic carbocycles. The van der Waals surface area contributed by atoms with Gasteiger partial charge in [-0.1, -0.05) is 29.3 Å². The van der Waals surface area contributed by atoms with Gasteiger partial charge < -0.3 is 10.6 Å². The van der Waals surface area contributed by atoms with E-state index in [4.69, 9.17) is 23.2 Å². The molecule has 1 aromatic carbocycles. The molecule has 1 aliphatic rings. The van der Waals surface area contributed by atoms with Gasteiger partial charge in [0.15, 0.2) is 0 Å². The molecule has 1 saturated carbocycles. The molecule has 1 heterocycles. The predicted octanol–water partition coefficient (Wildman–Crippen LogP) is 3.14. The van der Waals surface area contributed by atoms with Gasteiger partial charge in [-0.15, -0.1) is 0 Å². The van der Waals surface area contributed by atoms with Gasteiger partial charge in [0.25, 0.3) is 0 Å². The number of carbonyl (C=O) groups excluding carboxylic acids is 2. The molecule has 0 spiro atoms. The second-order valence-corrected chi connectivity index (χ2v) is 7.21. The lowest BCUT2D eigenvalue weighted by Crippen LogP contribution is -2.43. The largest absolute Gasteiger partial charge is 0.355 e. The molecule has 0 saturated heterocycles. The fourth-order valence-corrected chi connectivity index (χ4v) is 3.24. The van der Waals surface area contributed by atoms with Crippen molar-refractivity contribution < 1.29 is 9.59 Å². The number of hydrogen-bond acceptors (Lipinski definition) is 3. The zero-order valence-corrected chi connectivity index (χ0v) is 15.6. The number of halogens is 2. The standard InChI is InChI=1S/C19H19Cl2N3O2/c20-15-2-1-14(16(21)11-15)5-10-23-17(25)19(6-7-19)18(26)24-12-13-3-8-22-9-4-13/h1-4,8-9,11H,5-7,10,12H2,(H,23,25)(H,24,26). The van der Waals surface area contributed by atoms with Crippen LogP contribution in [0.1, 0.15) is 24.0 Å². The molecule has 2 amide bonds. The molecule has 2 aromatic rings. The Morgan fingerprint density at radius 3 is 2.38 bits per heavy atom. The summed E-state index contributed by atoms with van der Waals surface area (Å²) in [7, 11) is 0. The Kier molecular flexibility index (Phi) is 5.79. The van der Waals surface area contributed by atoms with Crippen LogP contribution in [-0.4, -0.2) is 23.3 Å². The smallest absolute Gasteiger partial charge is 0.235 e. The molecule has 1 aromatic heterocycles. The van der Waals surface area contributed by atoms with Crippen LogP contribution >= 0.6 is 23.2 Å². The van der Waals surface area contributed by atoms with Crippen molar-refractivity contribution in [2.24, 2.45) is 5.41 Å². The number of rotatable bonds is 7. The first-order valence-corrected chi connectivity index (χ1v) is 9.16. The van der Waals surface area contributed by atoms with Crippen LogP contribution in [-0.2, 0) is 22.6 Å². The lowest BCUT2D eigenvalue weighted by atomic mass is 10.0. The molecule has 0 bridgehead atoms. The zero-order chi connectivity index (χ0) is 18.6. The Labute approximate surface area is 162 Å². The molecule has 7 heteroatoms. The number of hydrogen-bond donors (Lipinski definition) is 2. The minimum Gasteiger partial charge on any atom is -0.355 e. The van der Waals surface area contributed by atoms with Gasteiger partial charge >= 0.3 is 0 Å². The van der Waals surface area contributed by atoms with Gasteiger partial charge in [-0.3, -0.25) is 14.6 Å². The maximum atomic E-state index is 12.5. The maximum absolute atomic E-state index is 12.5. The topological polar surface area (TPSA) is 71.1 Å². The maximum Gasteiger partial charge on any atom is 0.235 e. The summed E-state index contributed by atoms with van der Waals surface area (Å²) in [5, 5.41) is 6.84. The normalized spacial score (nSPS) is 14.5. The van der Waals surface area contributed by atoms with E-state index >= 15 is 0 Å². The summed E-state index contributed by atoms with van der Waals surface area (Å²) in [5.74, 6) is -0.453. The van der Waals surface area contributed by atoms with Crippen LogP contribution in [0, 0.1) is 5.41 Å². The van der Waals surface area contributed by atoms with Crippen molar-refractivity contribution in [2.45, 2.75) is 25.8 Å². The molecular formula is C19H19Cl2N3O2. The van der Waals surface area contributed by atoms with Crippen molar-refractivity contribution in [1.82, 2.24) is 15.6 Å². The molecular weight excluding hydrogens is 373 g/mol. The Balaban J connectivity index is 1.49. The van der Waals surface area contributed by atoms with E-state index in [1.807, 2.05) is 18.2 Å². The van der Waals surface area contributed by atoms with Crippen molar-refractivity contribution in [3.05, 3.63) is 63.9 Å². The second-order valence-electron chi connectivity index (χ2n) is 6.36. The molecule has 0 unspecified atom stereocenters. The van der Waals surface area contributed by atoms with E-state index in [0.29, 0.717) is 42.4 Å². The molecule has 26 heavy (non-hydrogen) atoms. The van der Waals surface area contributed by atoms with Crippen LogP contribution in [0.5, 0.6) is 0 Å². The number of benzene rings is 1. The van der Waals surface area contributed by atoms with E-state index in [9.17, 15) is 9.59 Å². The summed E-state index contributed by atoms with van der Waals surface area (Å²) in [4.78, 5) is 28.9. The quantitative estimate of drug-likeness (QED) is 0.712. The summed E-state index contributed by atoms with van der Waals surface area (Å²) in [6.07, 6.45) is 5.06. The Morgan fingerprint density at radius 2 is 1.73 bits per heavy atom. The minimum absolute atomic E-state index is 0.226. The summed E-state index contributed by atoms with van der Waals surface area (Å²) >= 11 is 12.0. The van der Waals surface area contributed by atoms with E-state index in [-0.39, 0.29) is 11.8 Å². The van der Waals surface area contributed by atoms with Crippen LogP contribution in [0.25, 0.3) is 0 Å². The highest BCUT2D eigenvalue weighted by molar-refractivity contribution is 6.35. The average Bonchev–Trinajstić information content (AvgIpc) is 3.44. The molecule has 2 N–H and O–H groups in total. The number of aromatic nitrogens is 1. The number of pyridine rings is 1. The van der Waals surface area contributed by atoms with E-state index in [1.54, 1.807) is 24.5 Å². The number of carbonyl (C=O) groups is 2. The van der Waals surface area contributed by atoms with Crippen molar-refractivity contribution in [3.8, 4) is 0 Å². The van der Waals surface area contributed by atoms with Gasteiger partial charge in [0.1, 0.15) is 5.41 Å². The lowest BCUT2D eigenvalue weighted by molar-refractivity contribution is -0.137. The van der Waals surface area contributed by atoms with Crippen molar-refractivity contribution >= 4 is 35.0 Å². The summed E-state index contributed by atoms with van der Waals surface area (Å²) in [5.41, 5.74) is 0.918. The second kappa shape index (κ2) is 8.06. The third kappa shape index (κ3) is 4.34. The predicted molar refractivity (Wildman–Crippen MR) is 101 cm³/mol. The van der Waals surface area contributed by atoms with E-state index in [1.165, 1.54) is 0 Å². The van der Waals surface area contributed by atoms with Gasteiger partial charge in [-0.05, 0) is 54.7 Å². The van der Waals surface area contributed by atoms with Gasteiger partial charge in [-0.25, -0.2) is 0 Å². The Morgan fingerprint density at radius 1 is 1.04 bits per heavy atom. The SMILES string of the molecule is O=C(NCCc1ccc(Cl)cc1Cl)C1(C(=O)NCc2ccncc2)CC1. The molecule has 5 nitrogen and oxygen atoms in total. The highest BCUT2D eigenvalue weighted by Gasteiger charge is 2.56. The summed E-state index contributed by atoms with van der Waals surface area (Å²) in [6.45, 7) is 0.802. The highest BCUT2D eigenvalue weighted by atomic mass is 35.5. The number of nitrogens with zero attached hydrogens (tertiary/aromatic N) is 1. The number of amides is 2.